The van der Waals surface area contributed by atoms with Crippen LogP contribution in [-0.4, -0.2) is 12.5 Å². The highest BCUT2D eigenvalue weighted by Crippen LogP contribution is 2.64. The monoisotopic (exact) mass is 1250 g/mol. The van der Waals surface area contributed by atoms with Crippen molar-refractivity contribution < 1.29 is 0 Å². The Morgan fingerprint density at radius 2 is 0.407 bits per heavy atom. The fourth-order valence-corrected chi connectivity index (χ4v) is 19.6. The molecule has 0 saturated heterocycles. The third kappa shape index (κ3) is 27.5. The predicted molar refractivity (Wildman–Crippen MR) is 398 cm³/mol. The minimum Gasteiger partial charge on any atom is -0.129 e. The maximum Gasteiger partial charge on any atom is 0.0605 e. The van der Waals surface area contributed by atoms with Crippen LogP contribution in [0.1, 0.15) is 435 Å². The first kappa shape index (κ1) is 76.0. The van der Waals surface area contributed by atoms with Gasteiger partial charge in [-0.3, -0.25) is 0 Å². The van der Waals surface area contributed by atoms with E-state index in [1.807, 2.05) is 23.5 Å². The summed E-state index contributed by atoms with van der Waals surface area (Å²) >= 11 is 8.37. The van der Waals surface area contributed by atoms with Gasteiger partial charge in [0.1, 0.15) is 0 Å². The summed E-state index contributed by atoms with van der Waals surface area (Å²) in [6.07, 6.45) is 90.4. The van der Waals surface area contributed by atoms with Crippen LogP contribution in [0.4, 0.5) is 0 Å². The van der Waals surface area contributed by atoms with E-state index in [2.05, 4.69) is 87.1 Å². The van der Waals surface area contributed by atoms with E-state index < -0.39 is 0 Å². The van der Waals surface area contributed by atoms with E-state index in [4.69, 9.17) is 0 Å². The Kier molecular flexibility index (Phi) is 43.3. The molecule has 0 aliphatic heterocycles. The summed E-state index contributed by atoms with van der Waals surface area (Å²) in [7, 11) is 0. The van der Waals surface area contributed by atoms with Gasteiger partial charge in [0.15, 0.2) is 0 Å². The first-order valence-corrected chi connectivity index (χ1v) is 43.2. The van der Waals surface area contributed by atoms with Gasteiger partial charge in [0.25, 0.3) is 0 Å². The summed E-state index contributed by atoms with van der Waals surface area (Å²) in [5.74, 6) is 0. The summed E-state index contributed by atoms with van der Waals surface area (Å²) in [5, 5.41) is 0. The second-order valence-corrected chi connectivity index (χ2v) is 32.8. The Balaban J connectivity index is 1.32. The van der Waals surface area contributed by atoms with Crippen molar-refractivity contribution in [1.82, 2.24) is 0 Å². The number of thiophene rings is 2. The van der Waals surface area contributed by atoms with Crippen molar-refractivity contribution >= 4 is 46.2 Å². The molecule has 0 bridgehead atoms. The summed E-state index contributed by atoms with van der Waals surface area (Å²) in [6.45, 7) is 9.35. The minimum absolute atomic E-state index is 0.146. The van der Waals surface area contributed by atoms with Gasteiger partial charge in [-0.2, -0.15) is 0 Å². The molecule has 0 fully saturated rings. The Hall–Kier alpha value is -0.680. The van der Waals surface area contributed by atoms with Crippen molar-refractivity contribution in [2.75, 3.05) is 12.5 Å². The molecule has 2 aliphatic rings. The van der Waals surface area contributed by atoms with Gasteiger partial charge in [0, 0.05) is 20.6 Å². The number of thioether (sulfide) groups is 2. The molecule has 0 spiro atoms. The number of hydrogen-bond acceptors (Lipinski definition) is 4. The lowest BCUT2D eigenvalue weighted by molar-refractivity contribution is 0.393. The van der Waals surface area contributed by atoms with Crippen LogP contribution >= 0.6 is 46.2 Å². The lowest BCUT2D eigenvalue weighted by Crippen LogP contribution is -2.27. The molecular weight excluding hydrogens is 1110 g/mol. The largest absolute Gasteiger partial charge is 0.129 e. The van der Waals surface area contributed by atoms with Gasteiger partial charge in [-0.05, 0) is 95.8 Å². The predicted octanol–water partition coefficient (Wildman–Crippen LogP) is 31.3. The number of fused-ring (bicyclic) bond motifs is 6. The number of hydrogen-bond donors (Lipinski definition) is 0. The maximum atomic E-state index is 2.92. The second kappa shape index (κ2) is 49.0. The lowest BCUT2D eigenvalue weighted by atomic mass is 9.68. The molecule has 0 amide bonds. The van der Waals surface area contributed by atoms with Crippen LogP contribution < -0.4 is 0 Å². The summed E-state index contributed by atoms with van der Waals surface area (Å²) in [6, 6.07) is 11.3. The molecule has 3 aromatic rings. The molecule has 1 aromatic carbocycles. The topological polar surface area (TPSA) is 0 Å². The fourth-order valence-electron chi connectivity index (χ4n) is 15.9. The van der Waals surface area contributed by atoms with Crippen LogP contribution in [0.5, 0.6) is 0 Å². The van der Waals surface area contributed by atoms with Crippen LogP contribution in [0.15, 0.2) is 32.7 Å². The Morgan fingerprint density at radius 3 is 0.581 bits per heavy atom. The van der Waals surface area contributed by atoms with E-state index in [9.17, 15) is 0 Å². The lowest BCUT2D eigenvalue weighted by Gasteiger charge is -2.34. The number of rotatable bonds is 62. The van der Waals surface area contributed by atoms with Gasteiger partial charge in [-0.25, -0.2) is 0 Å². The summed E-state index contributed by atoms with van der Waals surface area (Å²) in [5.41, 5.74) is 10.6. The number of unbranched alkanes of at least 4 members (excludes halogenated alkanes) is 52. The van der Waals surface area contributed by atoms with Gasteiger partial charge >= 0.3 is 0 Å². The van der Waals surface area contributed by atoms with Crippen molar-refractivity contribution in [2.24, 2.45) is 0 Å². The average molecular weight is 1260 g/mol. The normalized spacial score (nSPS) is 13.7. The molecule has 86 heavy (non-hydrogen) atoms. The van der Waals surface area contributed by atoms with E-state index in [0.29, 0.717) is 0 Å². The highest BCUT2D eigenvalue weighted by atomic mass is 32.2. The smallest absolute Gasteiger partial charge is 0.0605 e. The van der Waals surface area contributed by atoms with Crippen molar-refractivity contribution in [2.45, 2.75) is 432 Å². The molecule has 0 saturated carbocycles. The van der Waals surface area contributed by atoms with Crippen LogP contribution in [0.2, 0.25) is 0 Å². The van der Waals surface area contributed by atoms with E-state index in [1.54, 1.807) is 51.6 Å². The van der Waals surface area contributed by atoms with E-state index in [1.165, 1.54) is 385 Å². The highest BCUT2D eigenvalue weighted by molar-refractivity contribution is 8.00. The zero-order valence-corrected chi connectivity index (χ0v) is 61.6. The second-order valence-electron chi connectivity index (χ2n) is 28.5. The van der Waals surface area contributed by atoms with Crippen molar-refractivity contribution in [3.05, 3.63) is 46.5 Å². The third-order valence-electron chi connectivity index (χ3n) is 21.4. The molecule has 494 valence electrons. The quantitative estimate of drug-likeness (QED) is 0.0408. The molecule has 0 N–H and O–H groups in total. The fraction of sp³-hybridized carbons (Fsp3) is 0.829. The van der Waals surface area contributed by atoms with Crippen LogP contribution in [-0.2, 0) is 10.8 Å². The third-order valence-corrected chi connectivity index (χ3v) is 25.8. The van der Waals surface area contributed by atoms with E-state index in [-0.39, 0.29) is 10.8 Å². The van der Waals surface area contributed by atoms with Crippen molar-refractivity contribution in [3.8, 4) is 20.9 Å². The van der Waals surface area contributed by atoms with Gasteiger partial charge in [-0.1, -0.05) is 387 Å². The Labute approximate surface area is 554 Å². The standard InChI is InChI=1S/C82H142S4/c1-7-11-15-19-23-27-31-35-39-43-47-51-55-59-63-81(64-60-56-52-48-44-40-36-32-28-24-20-16-12-8-2)73-67-72-74(68-71(73)79-75(81)69-77(83-5)85-79)82(76-70-78(84-6)86-80(72)76,65-61-57-53-49-45-41-37-33-29-25-21-17-13-9-3)66-62-58-54-50-46-42-38-34-30-26-22-18-14-10-4/h67-70H,7-66H2,1-6H3. The molecule has 2 aromatic heterocycles. The van der Waals surface area contributed by atoms with Crippen LogP contribution in [0.25, 0.3) is 20.9 Å². The Morgan fingerprint density at radius 1 is 0.233 bits per heavy atom. The molecule has 0 radical (unpaired) electrons. The number of benzene rings is 1. The molecule has 0 atom stereocenters. The summed E-state index contributed by atoms with van der Waals surface area (Å²) < 4.78 is 3.10. The van der Waals surface area contributed by atoms with Crippen molar-refractivity contribution in [3.63, 3.8) is 0 Å². The molecule has 4 heteroatoms. The van der Waals surface area contributed by atoms with Gasteiger partial charge in [0.05, 0.1) is 8.42 Å². The van der Waals surface area contributed by atoms with Gasteiger partial charge in [-0.15, -0.1) is 46.2 Å². The minimum atomic E-state index is 0.146. The van der Waals surface area contributed by atoms with Crippen LogP contribution in [0, 0.1) is 0 Å². The highest BCUT2D eigenvalue weighted by Gasteiger charge is 2.49. The van der Waals surface area contributed by atoms with E-state index >= 15 is 0 Å². The molecule has 0 unspecified atom stereocenters. The molecule has 0 nitrogen and oxygen atoms in total. The van der Waals surface area contributed by atoms with Gasteiger partial charge in [0.2, 0.25) is 0 Å². The molecule has 2 aliphatic carbocycles. The van der Waals surface area contributed by atoms with Gasteiger partial charge < -0.3 is 0 Å². The maximum absolute atomic E-state index is 2.92. The van der Waals surface area contributed by atoms with Crippen LogP contribution in [0.3, 0.4) is 0 Å². The van der Waals surface area contributed by atoms with Crippen molar-refractivity contribution in [1.29, 1.82) is 0 Å². The Bertz CT molecular complexity index is 1860. The zero-order valence-electron chi connectivity index (χ0n) is 58.4. The molecular formula is C82H142S4. The molecule has 2 heterocycles. The first-order chi connectivity index (χ1) is 42.5. The van der Waals surface area contributed by atoms with E-state index in [0.717, 1.165) is 0 Å². The summed E-state index contributed by atoms with van der Waals surface area (Å²) in [4.78, 5) is 3.34. The average Bonchev–Trinajstić information content (AvgIpc) is 1.60. The first-order valence-electron chi connectivity index (χ1n) is 39.1. The molecule has 5 rings (SSSR count). The zero-order chi connectivity index (χ0) is 60.9. The SMILES string of the molecule is CCCCCCCCCCCCCCCCC1(CCCCCCCCCCCCCCCC)c2cc3c(cc2-c2sc(SC)cc21)C(CCCCCCCCCCCCCCCC)(CCCCCCCCCCCCCCCC)c1cc(SC)sc1-3.